The summed E-state index contributed by atoms with van der Waals surface area (Å²) >= 11 is 0. The van der Waals surface area contributed by atoms with Crippen LogP contribution in [0.1, 0.15) is 32.1 Å². The van der Waals surface area contributed by atoms with Crippen molar-refractivity contribution in [3.8, 4) is 0 Å². The van der Waals surface area contributed by atoms with Gasteiger partial charge in [0.25, 0.3) is 0 Å². The second kappa shape index (κ2) is 5.30. The molecule has 1 aliphatic heterocycles. The van der Waals surface area contributed by atoms with Gasteiger partial charge in [-0.1, -0.05) is 31.4 Å². The highest BCUT2D eigenvalue weighted by Gasteiger charge is 2.36. The third-order valence-electron chi connectivity index (χ3n) is 5.19. The maximum atomic E-state index is 4.33. The third-order valence-corrected chi connectivity index (χ3v) is 5.19. The molecule has 1 spiro atoms. The van der Waals surface area contributed by atoms with Crippen LogP contribution in [0, 0.1) is 0 Å². The van der Waals surface area contributed by atoms with Crippen LogP contribution in [0.15, 0.2) is 36.7 Å². The Hall–Kier alpha value is -1.61. The van der Waals surface area contributed by atoms with Crippen molar-refractivity contribution in [1.29, 1.82) is 0 Å². The Labute approximate surface area is 126 Å². The van der Waals surface area contributed by atoms with Crippen LogP contribution in [-0.4, -0.2) is 30.2 Å². The molecular formula is C18H23N3. The highest BCUT2D eigenvalue weighted by molar-refractivity contribution is 5.93. The van der Waals surface area contributed by atoms with Gasteiger partial charge in [0, 0.05) is 48.6 Å². The second-order valence-corrected chi connectivity index (χ2v) is 6.56. The molecule has 3 nitrogen and oxygen atoms in total. The molecule has 0 atom stereocenters. The lowest BCUT2D eigenvalue weighted by atomic mass is 9.80. The molecule has 110 valence electrons. The molecule has 2 aromatic rings. The van der Waals surface area contributed by atoms with Gasteiger partial charge in [0.1, 0.15) is 0 Å². The van der Waals surface area contributed by atoms with Gasteiger partial charge in [-0.2, -0.15) is 0 Å². The van der Waals surface area contributed by atoms with Crippen LogP contribution in [0.25, 0.3) is 10.8 Å². The lowest BCUT2D eigenvalue weighted by Gasteiger charge is -2.47. The van der Waals surface area contributed by atoms with Crippen LogP contribution in [0.2, 0.25) is 0 Å². The maximum absolute atomic E-state index is 4.33. The molecule has 1 aromatic carbocycles. The van der Waals surface area contributed by atoms with Gasteiger partial charge in [-0.3, -0.25) is 4.98 Å². The van der Waals surface area contributed by atoms with Crippen molar-refractivity contribution in [3.05, 3.63) is 36.7 Å². The lowest BCUT2D eigenvalue weighted by Crippen LogP contribution is -2.61. The number of rotatable bonds is 1. The van der Waals surface area contributed by atoms with E-state index >= 15 is 0 Å². The summed E-state index contributed by atoms with van der Waals surface area (Å²) < 4.78 is 0. The minimum absolute atomic E-state index is 0.348. The molecule has 1 saturated heterocycles. The van der Waals surface area contributed by atoms with E-state index in [4.69, 9.17) is 0 Å². The zero-order valence-corrected chi connectivity index (χ0v) is 12.5. The second-order valence-electron chi connectivity index (χ2n) is 6.56. The van der Waals surface area contributed by atoms with Gasteiger partial charge >= 0.3 is 0 Å². The topological polar surface area (TPSA) is 28.2 Å². The van der Waals surface area contributed by atoms with Gasteiger partial charge in [-0.05, 0) is 30.4 Å². The number of piperazine rings is 1. The number of pyridine rings is 1. The van der Waals surface area contributed by atoms with Crippen LogP contribution in [-0.2, 0) is 0 Å². The van der Waals surface area contributed by atoms with Crippen LogP contribution in [0.3, 0.4) is 0 Å². The Morgan fingerprint density at radius 3 is 2.90 bits per heavy atom. The minimum atomic E-state index is 0.348. The molecule has 2 aliphatic rings. The zero-order chi connectivity index (χ0) is 14.1. The Balaban J connectivity index is 1.68. The van der Waals surface area contributed by atoms with Crippen molar-refractivity contribution in [3.63, 3.8) is 0 Å². The smallest absolute Gasteiger partial charge is 0.0462 e. The minimum Gasteiger partial charge on any atom is -0.368 e. The van der Waals surface area contributed by atoms with E-state index in [-0.39, 0.29) is 0 Å². The van der Waals surface area contributed by atoms with Crippen LogP contribution in [0.4, 0.5) is 5.69 Å². The Morgan fingerprint density at radius 2 is 2.00 bits per heavy atom. The van der Waals surface area contributed by atoms with E-state index < -0.39 is 0 Å². The van der Waals surface area contributed by atoms with Gasteiger partial charge in [0.15, 0.2) is 0 Å². The standard InChI is InChI=1S/C18H23N3/c1-2-8-18(9-3-1)14-21(12-11-20-18)17-6-4-5-15-7-10-19-13-16(15)17/h4-7,10,13,20H,1-3,8-9,11-12,14H2. The summed E-state index contributed by atoms with van der Waals surface area (Å²) in [4.78, 5) is 6.91. The summed E-state index contributed by atoms with van der Waals surface area (Å²) in [5, 5.41) is 6.40. The number of hydrogen-bond donors (Lipinski definition) is 1. The van der Waals surface area contributed by atoms with Gasteiger partial charge in [-0.25, -0.2) is 0 Å². The first-order valence-electron chi connectivity index (χ1n) is 8.19. The first kappa shape index (κ1) is 13.1. The van der Waals surface area contributed by atoms with E-state index in [1.165, 1.54) is 48.6 Å². The maximum Gasteiger partial charge on any atom is 0.0462 e. The lowest BCUT2D eigenvalue weighted by molar-refractivity contribution is 0.216. The summed E-state index contributed by atoms with van der Waals surface area (Å²) in [5.41, 5.74) is 1.70. The van der Waals surface area contributed by atoms with E-state index in [0.717, 1.165) is 19.6 Å². The molecule has 1 saturated carbocycles. The van der Waals surface area contributed by atoms with E-state index in [2.05, 4.69) is 39.5 Å². The predicted octanol–water partition coefficient (Wildman–Crippen LogP) is 3.35. The highest BCUT2D eigenvalue weighted by atomic mass is 15.2. The SMILES string of the molecule is c1cc(N2CCNC3(CCCCC3)C2)c2cnccc2c1. The molecule has 0 radical (unpaired) electrons. The average Bonchev–Trinajstić information content (AvgIpc) is 2.55. The van der Waals surface area contributed by atoms with Crippen molar-refractivity contribution in [2.75, 3.05) is 24.5 Å². The molecule has 0 bridgehead atoms. The van der Waals surface area contributed by atoms with Gasteiger partial charge in [-0.15, -0.1) is 0 Å². The molecule has 2 fully saturated rings. The van der Waals surface area contributed by atoms with Crippen molar-refractivity contribution >= 4 is 16.5 Å². The summed E-state index contributed by atoms with van der Waals surface area (Å²) in [6, 6.07) is 8.72. The quantitative estimate of drug-likeness (QED) is 0.869. The summed E-state index contributed by atoms with van der Waals surface area (Å²) in [6.45, 7) is 3.33. The van der Waals surface area contributed by atoms with E-state index in [0.29, 0.717) is 5.54 Å². The first-order chi connectivity index (χ1) is 10.4. The normalized spacial score (nSPS) is 21.8. The third kappa shape index (κ3) is 2.40. The predicted molar refractivity (Wildman–Crippen MR) is 87.8 cm³/mol. The number of anilines is 1. The monoisotopic (exact) mass is 281 g/mol. The van der Waals surface area contributed by atoms with Gasteiger partial charge in [0.2, 0.25) is 0 Å². The molecular weight excluding hydrogens is 258 g/mol. The molecule has 21 heavy (non-hydrogen) atoms. The molecule has 4 rings (SSSR count). The zero-order valence-electron chi connectivity index (χ0n) is 12.5. The Bertz CT molecular complexity index is 620. The number of nitrogens with zero attached hydrogens (tertiary/aromatic N) is 2. The summed E-state index contributed by atoms with van der Waals surface area (Å²) in [6.07, 6.45) is 10.7. The Kier molecular flexibility index (Phi) is 3.30. The number of benzene rings is 1. The molecule has 3 heteroatoms. The number of nitrogens with one attached hydrogen (secondary N) is 1. The average molecular weight is 281 g/mol. The first-order valence-corrected chi connectivity index (χ1v) is 8.19. The van der Waals surface area contributed by atoms with Gasteiger partial charge in [0.05, 0.1) is 0 Å². The number of aromatic nitrogens is 1. The van der Waals surface area contributed by atoms with Crippen molar-refractivity contribution in [1.82, 2.24) is 10.3 Å². The molecule has 1 aliphatic carbocycles. The number of fused-ring (bicyclic) bond motifs is 1. The van der Waals surface area contributed by atoms with Crippen LogP contribution >= 0.6 is 0 Å². The highest BCUT2D eigenvalue weighted by Crippen LogP contribution is 2.34. The van der Waals surface area contributed by atoms with Crippen LogP contribution < -0.4 is 10.2 Å². The van der Waals surface area contributed by atoms with Gasteiger partial charge < -0.3 is 10.2 Å². The molecule has 2 heterocycles. The van der Waals surface area contributed by atoms with Crippen molar-refractivity contribution < 1.29 is 0 Å². The fraction of sp³-hybridized carbons (Fsp3) is 0.500. The van der Waals surface area contributed by atoms with Crippen molar-refractivity contribution in [2.24, 2.45) is 0 Å². The van der Waals surface area contributed by atoms with E-state index in [1.807, 2.05) is 12.4 Å². The van der Waals surface area contributed by atoms with Crippen molar-refractivity contribution in [2.45, 2.75) is 37.6 Å². The molecule has 0 unspecified atom stereocenters. The molecule has 0 amide bonds. The molecule has 1 aromatic heterocycles. The van der Waals surface area contributed by atoms with E-state index in [9.17, 15) is 0 Å². The summed E-state index contributed by atoms with van der Waals surface area (Å²) in [7, 11) is 0. The van der Waals surface area contributed by atoms with Crippen LogP contribution in [0.5, 0.6) is 0 Å². The summed E-state index contributed by atoms with van der Waals surface area (Å²) in [5.74, 6) is 0. The fourth-order valence-electron chi connectivity index (χ4n) is 4.10. The number of hydrogen-bond acceptors (Lipinski definition) is 3. The fourth-order valence-corrected chi connectivity index (χ4v) is 4.10. The Morgan fingerprint density at radius 1 is 1.10 bits per heavy atom. The molecule has 1 N–H and O–H groups in total. The largest absolute Gasteiger partial charge is 0.368 e. The van der Waals surface area contributed by atoms with E-state index in [1.54, 1.807) is 0 Å².